The number of aryl methyl sites for hydroxylation is 1. The van der Waals surface area contributed by atoms with Crippen LogP contribution < -0.4 is 5.32 Å². The maximum atomic E-state index is 13.1. The van der Waals surface area contributed by atoms with Gasteiger partial charge in [-0.15, -0.1) is 0 Å². The Morgan fingerprint density at radius 2 is 1.52 bits per heavy atom. The van der Waals surface area contributed by atoms with Gasteiger partial charge in [-0.3, -0.25) is 10.1 Å². The van der Waals surface area contributed by atoms with Crippen LogP contribution in [0.2, 0.25) is 0 Å². The molecule has 1 unspecified atom stereocenters. The fourth-order valence-electron chi connectivity index (χ4n) is 3.52. The highest BCUT2D eigenvalue weighted by molar-refractivity contribution is 7.92. The molecule has 0 aliphatic carbocycles. The zero-order valence-electron chi connectivity index (χ0n) is 21.3. The molecule has 1 aromatic heterocycles. The van der Waals surface area contributed by atoms with Gasteiger partial charge in [-0.1, -0.05) is 36.4 Å². The Balaban J connectivity index is 0.000000367. The standard InChI is InChI=1S/C20H22N4O3S.2C2HF3O2/c25-20(18-7-3-5-16-4-1-2-6-17(16)18)24-11-9-22-19(14-24)28(26,27)13-12-23-10-8-21-15-23;2*3-2(4,5)1(6)7/h1-8,10,15,19,22H,9,11-14H2;2*(H,6,7). The number of nitrogens with one attached hydrogen (secondary N) is 1. The van der Waals surface area contributed by atoms with E-state index in [0.29, 0.717) is 25.2 Å². The molecule has 1 aliphatic heterocycles. The van der Waals surface area contributed by atoms with E-state index in [1.54, 1.807) is 34.3 Å². The molecule has 2 aromatic carbocycles. The lowest BCUT2D eigenvalue weighted by Crippen LogP contribution is -2.56. The SMILES string of the molecule is O=C(O)C(F)(F)F.O=C(O)C(F)(F)F.O=C(c1cccc2ccccc12)N1CCNC(S(=O)(=O)CCn2ccnc2)C1. The number of piperazine rings is 1. The summed E-state index contributed by atoms with van der Waals surface area (Å²) in [4.78, 5) is 36.5. The molecule has 3 N–H and O–H groups in total. The molecule has 230 valence electrons. The highest BCUT2D eigenvalue weighted by Crippen LogP contribution is 2.21. The van der Waals surface area contributed by atoms with Gasteiger partial charge in [0.15, 0.2) is 9.84 Å². The van der Waals surface area contributed by atoms with E-state index in [0.717, 1.165) is 10.8 Å². The van der Waals surface area contributed by atoms with Crippen molar-refractivity contribution < 1.29 is 59.4 Å². The smallest absolute Gasteiger partial charge is 0.475 e. The minimum atomic E-state index is -5.08. The molecular weight excluding hydrogens is 602 g/mol. The second-order valence-corrected chi connectivity index (χ2v) is 10.8. The number of nitrogens with zero attached hydrogens (tertiary/aromatic N) is 3. The van der Waals surface area contributed by atoms with Crippen molar-refractivity contribution in [3.8, 4) is 0 Å². The minimum Gasteiger partial charge on any atom is -0.475 e. The molecule has 18 heteroatoms. The Morgan fingerprint density at radius 3 is 2.07 bits per heavy atom. The maximum absolute atomic E-state index is 13.1. The molecule has 11 nitrogen and oxygen atoms in total. The van der Waals surface area contributed by atoms with Crippen LogP contribution in [0.5, 0.6) is 0 Å². The fraction of sp³-hybridized carbons (Fsp3) is 0.333. The molecule has 1 fully saturated rings. The first-order chi connectivity index (χ1) is 19.4. The average Bonchev–Trinajstić information content (AvgIpc) is 3.45. The number of sulfone groups is 1. The van der Waals surface area contributed by atoms with E-state index in [9.17, 15) is 39.6 Å². The van der Waals surface area contributed by atoms with Crippen LogP contribution in [0.25, 0.3) is 10.8 Å². The topological polar surface area (TPSA) is 159 Å². The van der Waals surface area contributed by atoms with Gasteiger partial charge < -0.3 is 19.7 Å². The number of alkyl halides is 6. The summed E-state index contributed by atoms with van der Waals surface area (Å²) < 4.78 is 90.7. The molecule has 4 rings (SSSR count). The van der Waals surface area contributed by atoms with Crippen molar-refractivity contribution in [3.63, 3.8) is 0 Å². The normalized spacial score (nSPS) is 15.6. The Bertz CT molecular complexity index is 1450. The highest BCUT2D eigenvalue weighted by Gasteiger charge is 2.39. The third kappa shape index (κ3) is 10.0. The van der Waals surface area contributed by atoms with E-state index >= 15 is 0 Å². The van der Waals surface area contributed by atoms with Crippen LogP contribution in [0.3, 0.4) is 0 Å². The number of carboxylic acid groups (broad SMARTS) is 2. The van der Waals surface area contributed by atoms with E-state index in [-0.39, 0.29) is 18.2 Å². The summed E-state index contributed by atoms with van der Waals surface area (Å²) >= 11 is 0. The molecule has 42 heavy (non-hydrogen) atoms. The summed E-state index contributed by atoms with van der Waals surface area (Å²) in [5.41, 5.74) is 0.606. The third-order valence-electron chi connectivity index (χ3n) is 5.56. The van der Waals surface area contributed by atoms with E-state index in [2.05, 4.69) is 10.3 Å². The van der Waals surface area contributed by atoms with Crippen LogP contribution in [0.4, 0.5) is 26.3 Å². The predicted octanol–water partition coefficient (Wildman–Crippen LogP) is 2.79. The zero-order valence-corrected chi connectivity index (χ0v) is 22.2. The first kappa shape index (κ1) is 34.0. The Hall–Kier alpha value is -4.19. The van der Waals surface area contributed by atoms with Crippen LogP contribution in [-0.2, 0) is 26.0 Å². The van der Waals surface area contributed by atoms with Crippen molar-refractivity contribution in [2.75, 3.05) is 25.4 Å². The molecule has 0 saturated carbocycles. The largest absolute Gasteiger partial charge is 0.490 e. The number of hydrogen-bond donors (Lipinski definition) is 3. The van der Waals surface area contributed by atoms with Gasteiger partial charge in [-0.05, 0) is 16.8 Å². The van der Waals surface area contributed by atoms with E-state index in [1.165, 1.54) is 0 Å². The monoisotopic (exact) mass is 626 g/mol. The molecular formula is C24H24F6N4O7S. The first-order valence-electron chi connectivity index (χ1n) is 11.7. The molecule has 3 aromatic rings. The Kier molecular flexibility index (Phi) is 11.4. The summed E-state index contributed by atoms with van der Waals surface area (Å²) in [6.45, 7) is 1.42. The van der Waals surface area contributed by atoms with Gasteiger partial charge in [-0.2, -0.15) is 26.3 Å². The van der Waals surface area contributed by atoms with Gasteiger partial charge in [0, 0.05) is 37.6 Å². The quantitative estimate of drug-likeness (QED) is 0.362. The number of hydrogen-bond acceptors (Lipinski definition) is 7. The molecule has 2 heterocycles. The van der Waals surface area contributed by atoms with Crippen molar-refractivity contribution in [3.05, 3.63) is 66.7 Å². The Labute approximate surface area is 234 Å². The molecule has 0 radical (unpaired) electrons. The average molecular weight is 627 g/mol. The van der Waals surface area contributed by atoms with Gasteiger partial charge in [0.2, 0.25) is 0 Å². The molecule has 1 saturated heterocycles. The van der Waals surface area contributed by atoms with E-state index < -0.39 is 39.5 Å². The number of carbonyl (C=O) groups is 3. The van der Waals surface area contributed by atoms with Gasteiger partial charge in [-0.25, -0.2) is 23.0 Å². The number of amides is 1. The predicted molar refractivity (Wildman–Crippen MR) is 135 cm³/mol. The minimum absolute atomic E-state index is 0.00265. The van der Waals surface area contributed by atoms with Gasteiger partial charge in [0.1, 0.15) is 5.37 Å². The van der Waals surface area contributed by atoms with Gasteiger partial charge >= 0.3 is 24.3 Å². The van der Waals surface area contributed by atoms with Crippen LogP contribution in [0, 0.1) is 0 Å². The van der Waals surface area contributed by atoms with Gasteiger partial charge in [0.05, 0.1) is 18.6 Å². The first-order valence-corrected chi connectivity index (χ1v) is 13.4. The number of aliphatic carboxylic acids is 2. The molecule has 0 spiro atoms. The van der Waals surface area contributed by atoms with E-state index in [4.69, 9.17) is 19.8 Å². The van der Waals surface area contributed by atoms with Crippen molar-refractivity contribution in [1.82, 2.24) is 19.8 Å². The summed E-state index contributed by atoms with van der Waals surface area (Å²) in [7, 11) is -3.40. The summed E-state index contributed by atoms with van der Waals surface area (Å²) in [6, 6.07) is 13.3. The highest BCUT2D eigenvalue weighted by atomic mass is 32.2. The number of halogens is 6. The molecule has 1 atom stereocenters. The fourth-order valence-corrected chi connectivity index (χ4v) is 5.05. The van der Waals surface area contributed by atoms with E-state index in [1.807, 2.05) is 36.4 Å². The lowest BCUT2D eigenvalue weighted by Gasteiger charge is -2.33. The van der Waals surface area contributed by atoms with Crippen molar-refractivity contribution >= 4 is 38.5 Å². The summed E-state index contributed by atoms with van der Waals surface area (Å²) in [5, 5.41) is 18.4. The summed E-state index contributed by atoms with van der Waals surface area (Å²) in [5.74, 6) is -5.65. The number of imidazole rings is 1. The zero-order chi connectivity index (χ0) is 31.7. The van der Waals surface area contributed by atoms with Crippen molar-refractivity contribution in [1.29, 1.82) is 0 Å². The van der Waals surface area contributed by atoms with Crippen LogP contribution in [0.1, 0.15) is 10.4 Å². The number of benzene rings is 2. The number of fused-ring (bicyclic) bond motifs is 1. The van der Waals surface area contributed by atoms with Crippen LogP contribution >= 0.6 is 0 Å². The van der Waals surface area contributed by atoms with Crippen LogP contribution in [0.15, 0.2) is 61.2 Å². The van der Waals surface area contributed by atoms with Crippen LogP contribution in [-0.4, -0.2) is 94.0 Å². The molecule has 1 aliphatic rings. The van der Waals surface area contributed by atoms with Gasteiger partial charge in [0.25, 0.3) is 5.91 Å². The Morgan fingerprint density at radius 1 is 0.952 bits per heavy atom. The summed E-state index contributed by atoms with van der Waals surface area (Å²) in [6.07, 6.45) is -5.21. The van der Waals surface area contributed by atoms with Crippen molar-refractivity contribution in [2.24, 2.45) is 0 Å². The molecule has 0 bridgehead atoms. The van der Waals surface area contributed by atoms with Crippen molar-refractivity contribution in [2.45, 2.75) is 24.3 Å². The number of rotatable bonds is 5. The maximum Gasteiger partial charge on any atom is 0.490 e. The molecule has 1 amide bonds. The number of aromatic nitrogens is 2. The lowest BCUT2D eigenvalue weighted by atomic mass is 10.0. The lowest BCUT2D eigenvalue weighted by molar-refractivity contribution is -0.193. The second-order valence-electron chi connectivity index (χ2n) is 8.49. The number of carbonyl (C=O) groups excluding carboxylic acids is 1. The third-order valence-corrected chi connectivity index (χ3v) is 7.49. The second kappa shape index (κ2) is 14.1. The number of carboxylic acids is 2.